The maximum atomic E-state index is 5.48. The number of nitrogens with one attached hydrogen (secondary N) is 1. The van der Waals surface area contributed by atoms with E-state index in [0.717, 1.165) is 10.2 Å². The molecule has 0 fully saturated rings. The lowest BCUT2D eigenvalue weighted by molar-refractivity contribution is 0.396. The molecule has 0 radical (unpaired) electrons. The Balaban J connectivity index is 2.17. The first-order chi connectivity index (χ1) is 10.0. The molecule has 0 heterocycles. The highest BCUT2D eigenvalue weighted by Gasteiger charge is 2.15. The lowest BCUT2D eigenvalue weighted by Gasteiger charge is -2.23. The average Bonchev–Trinajstić information content (AvgIpc) is 2.47. The molecule has 0 saturated carbocycles. The van der Waals surface area contributed by atoms with Crippen LogP contribution in [-0.2, 0) is 0 Å². The summed E-state index contributed by atoms with van der Waals surface area (Å²) in [5.41, 5.74) is 3.71. The first-order valence-electron chi connectivity index (χ1n) is 7.17. The highest BCUT2D eigenvalue weighted by atomic mass is 79.9. The van der Waals surface area contributed by atoms with Crippen LogP contribution < -0.4 is 10.1 Å². The molecule has 0 amide bonds. The predicted molar refractivity (Wildman–Crippen MR) is 91.8 cm³/mol. The number of ether oxygens (including phenoxy) is 1. The van der Waals surface area contributed by atoms with Gasteiger partial charge in [-0.2, -0.15) is 0 Å². The van der Waals surface area contributed by atoms with Gasteiger partial charge in [0, 0.05) is 22.1 Å². The average molecular weight is 348 g/mol. The van der Waals surface area contributed by atoms with Crippen LogP contribution >= 0.6 is 15.9 Å². The number of hydrogen-bond acceptors (Lipinski definition) is 2. The van der Waals surface area contributed by atoms with Crippen LogP contribution in [0.25, 0.3) is 0 Å². The van der Waals surface area contributed by atoms with Gasteiger partial charge in [-0.15, -0.1) is 0 Å². The SMILES string of the molecule is COc1ccc(C)cc1C(C)N[C@H](C)c1cccc(Br)c1. The molecule has 0 saturated heterocycles. The van der Waals surface area contributed by atoms with Crippen LogP contribution in [0.5, 0.6) is 5.75 Å². The van der Waals surface area contributed by atoms with E-state index in [-0.39, 0.29) is 12.1 Å². The van der Waals surface area contributed by atoms with Gasteiger partial charge in [0.05, 0.1) is 7.11 Å². The van der Waals surface area contributed by atoms with Crippen LogP contribution in [0.15, 0.2) is 46.9 Å². The van der Waals surface area contributed by atoms with Gasteiger partial charge in [-0.25, -0.2) is 0 Å². The molecule has 3 heteroatoms. The third-order valence-corrected chi connectivity index (χ3v) is 4.19. The number of benzene rings is 2. The maximum absolute atomic E-state index is 5.48. The van der Waals surface area contributed by atoms with Crippen LogP contribution in [0, 0.1) is 6.92 Å². The summed E-state index contributed by atoms with van der Waals surface area (Å²) in [4.78, 5) is 0. The van der Waals surface area contributed by atoms with Crippen molar-refractivity contribution in [1.29, 1.82) is 0 Å². The molecule has 2 aromatic carbocycles. The van der Waals surface area contributed by atoms with E-state index in [1.54, 1.807) is 7.11 Å². The van der Waals surface area contributed by atoms with E-state index in [4.69, 9.17) is 4.74 Å². The summed E-state index contributed by atoms with van der Waals surface area (Å²) < 4.78 is 6.59. The molecule has 0 aromatic heterocycles. The summed E-state index contributed by atoms with van der Waals surface area (Å²) in [6.07, 6.45) is 0. The van der Waals surface area contributed by atoms with Gasteiger partial charge < -0.3 is 10.1 Å². The van der Waals surface area contributed by atoms with E-state index >= 15 is 0 Å². The van der Waals surface area contributed by atoms with Crippen LogP contribution in [-0.4, -0.2) is 7.11 Å². The molecule has 0 aliphatic heterocycles. The Labute approximate surface area is 135 Å². The summed E-state index contributed by atoms with van der Waals surface area (Å²) in [7, 11) is 1.72. The smallest absolute Gasteiger partial charge is 0.123 e. The number of hydrogen-bond donors (Lipinski definition) is 1. The predicted octanol–water partition coefficient (Wildman–Crippen LogP) is 5.18. The molecule has 0 aliphatic carbocycles. The molecule has 2 atom stereocenters. The summed E-state index contributed by atoms with van der Waals surface area (Å²) in [6, 6.07) is 15.2. The molecule has 0 bridgehead atoms. The lowest BCUT2D eigenvalue weighted by atomic mass is 10.0. The fourth-order valence-corrected chi connectivity index (χ4v) is 2.95. The van der Waals surface area contributed by atoms with Crippen molar-refractivity contribution in [2.24, 2.45) is 0 Å². The van der Waals surface area contributed by atoms with Crippen molar-refractivity contribution in [1.82, 2.24) is 5.32 Å². The molecule has 0 aliphatic rings. The van der Waals surface area contributed by atoms with E-state index in [9.17, 15) is 0 Å². The summed E-state index contributed by atoms with van der Waals surface area (Å²) >= 11 is 3.53. The highest BCUT2D eigenvalue weighted by Crippen LogP contribution is 2.28. The second-order valence-corrected chi connectivity index (χ2v) is 6.33. The van der Waals surface area contributed by atoms with Gasteiger partial charge in [0.25, 0.3) is 0 Å². The Morgan fingerprint density at radius 1 is 1.05 bits per heavy atom. The minimum Gasteiger partial charge on any atom is -0.496 e. The molecule has 21 heavy (non-hydrogen) atoms. The summed E-state index contributed by atoms with van der Waals surface area (Å²) in [5, 5.41) is 3.64. The van der Waals surface area contributed by atoms with Crippen LogP contribution in [0.4, 0.5) is 0 Å². The lowest BCUT2D eigenvalue weighted by Crippen LogP contribution is -2.23. The van der Waals surface area contributed by atoms with E-state index in [0.29, 0.717) is 0 Å². The zero-order valence-electron chi connectivity index (χ0n) is 13.0. The number of aryl methyl sites for hydroxylation is 1. The second kappa shape index (κ2) is 7.10. The zero-order valence-corrected chi connectivity index (χ0v) is 14.6. The Kier molecular flexibility index (Phi) is 5.43. The fourth-order valence-electron chi connectivity index (χ4n) is 2.53. The third-order valence-electron chi connectivity index (χ3n) is 3.70. The molecular weight excluding hydrogens is 326 g/mol. The van der Waals surface area contributed by atoms with Gasteiger partial charge in [-0.3, -0.25) is 0 Å². The normalized spacial score (nSPS) is 13.8. The standard InChI is InChI=1S/C18H22BrNO/c1-12-8-9-18(21-4)17(10-12)14(3)20-13(2)15-6-5-7-16(19)11-15/h5-11,13-14,20H,1-4H3/t13-,14?/m1/s1. The number of halogens is 1. The molecule has 0 spiro atoms. The Hall–Kier alpha value is -1.32. The minimum absolute atomic E-state index is 0.217. The zero-order chi connectivity index (χ0) is 15.4. The Morgan fingerprint density at radius 2 is 1.81 bits per heavy atom. The summed E-state index contributed by atoms with van der Waals surface area (Å²) in [6.45, 7) is 6.46. The van der Waals surface area contributed by atoms with Crippen molar-refractivity contribution < 1.29 is 4.74 Å². The molecular formula is C18H22BrNO. The molecule has 1 unspecified atom stereocenters. The van der Waals surface area contributed by atoms with Crippen molar-refractivity contribution in [3.05, 3.63) is 63.6 Å². The van der Waals surface area contributed by atoms with Gasteiger partial charge in [0.2, 0.25) is 0 Å². The van der Waals surface area contributed by atoms with Gasteiger partial charge in [0.1, 0.15) is 5.75 Å². The Morgan fingerprint density at radius 3 is 2.48 bits per heavy atom. The van der Waals surface area contributed by atoms with Crippen LogP contribution in [0.2, 0.25) is 0 Å². The second-order valence-electron chi connectivity index (χ2n) is 5.41. The first kappa shape index (κ1) is 16.1. The number of methoxy groups -OCH3 is 1. The monoisotopic (exact) mass is 347 g/mol. The molecule has 1 N–H and O–H groups in total. The van der Waals surface area contributed by atoms with Crippen molar-refractivity contribution in [2.45, 2.75) is 32.9 Å². The van der Waals surface area contributed by atoms with Crippen LogP contribution in [0.3, 0.4) is 0 Å². The van der Waals surface area contributed by atoms with Gasteiger partial charge in [-0.05, 0) is 44.5 Å². The highest BCUT2D eigenvalue weighted by molar-refractivity contribution is 9.10. The molecule has 2 nitrogen and oxygen atoms in total. The molecule has 2 rings (SSSR count). The van der Waals surface area contributed by atoms with E-state index in [1.807, 2.05) is 12.1 Å². The van der Waals surface area contributed by atoms with E-state index in [1.165, 1.54) is 16.7 Å². The molecule has 2 aromatic rings. The molecule has 112 valence electrons. The van der Waals surface area contributed by atoms with Gasteiger partial charge in [0.15, 0.2) is 0 Å². The van der Waals surface area contributed by atoms with Crippen molar-refractivity contribution >= 4 is 15.9 Å². The number of rotatable bonds is 5. The first-order valence-corrected chi connectivity index (χ1v) is 7.96. The fraction of sp³-hybridized carbons (Fsp3) is 0.333. The van der Waals surface area contributed by atoms with Crippen molar-refractivity contribution in [3.8, 4) is 5.75 Å². The maximum Gasteiger partial charge on any atom is 0.123 e. The quantitative estimate of drug-likeness (QED) is 0.804. The summed E-state index contributed by atoms with van der Waals surface area (Å²) in [5.74, 6) is 0.932. The largest absolute Gasteiger partial charge is 0.496 e. The van der Waals surface area contributed by atoms with Crippen LogP contribution in [0.1, 0.15) is 42.6 Å². The topological polar surface area (TPSA) is 21.3 Å². The van der Waals surface area contributed by atoms with Gasteiger partial charge >= 0.3 is 0 Å². The van der Waals surface area contributed by atoms with E-state index in [2.05, 4.69) is 72.3 Å². The van der Waals surface area contributed by atoms with Crippen molar-refractivity contribution in [2.75, 3.05) is 7.11 Å². The van der Waals surface area contributed by atoms with E-state index < -0.39 is 0 Å². The minimum atomic E-state index is 0.217. The van der Waals surface area contributed by atoms with Gasteiger partial charge in [-0.1, -0.05) is 45.8 Å². The third kappa shape index (κ3) is 4.08. The Bertz CT molecular complexity index is 612. The van der Waals surface area contributed by atoms with Crippen molar-refractivity contribution in [3.63, 3.8) is 0 Å².